The van der Waals surface area contributed by atoms with Crippen molar-refractivity contribution in [3.63, 3.8) is 0 Å². The van der Waals surface area contributed by atoms with Gasteiger partial charge in [0.15, 0.2) is 0 Å². The van der Waals surface area contributed by atoms with Crippen LogP contribution in [0.5, 0.6) is 0 Å². The molecule has 1 atom stereocenters. The van der Waals surface area contributed by atoms with Crippen LogP contribution < -0.4 is 5.32 Å². The predicted octanol–water partition coefficient (Wildman–Crippen LogP) is 1.46. The van der Waals surface area contributed by atoms with Gasteiger partial charge in [0.05, 0.1) is 12.6 Å². The van der Waals surface area contributed by atoms with Crippen LogP contribution in [0.1, 0.15) is 16.2 Å². The Morgan fingerprint density at radius 2 is 2.04 bits per heavy atom. The molecule has 0 saturated heterocycles. The summed E-state index contributed by atoms with van der Waals surface area (Å²) in [6.45, 7) is -0.190. The molecular weight excluding hydrogens is 308 g/mol. The number of hydrogen-bond donors (Lipinski definition) is 2. The van der Waals surface area contributed by atoms with Gasteiger partial charge in [-0.15, -0.1) is 0 Å². The molecular formula is C17H16N4O3. The Hall–Kier alpha value is -3.06. The maximum atomic E-state index is 12.2. The van der Waals surface area contributed by atoms with Crippen molar-refractivity contribution in [3.8, 4) is 11.4 Å². The molecule has 122 valence electrons. The molecule has 24 heavy (non-hydrogen) atoms. The molecule has 2 aromatic heterocycles. The third kappa shape index (κ3) is 3.82. The summed E-state index contributed by atoms with van der Waals surface area (Å²) >= 11 is 0. The van der Waals surface area contributed by atoms with Crippen molar-refractivity contribution in [1.29, 1.82) is 0 Å². The fraction of sp³-hybridized carbons (Fsp3) is 0.176. The third-order valence-corrected chi connectivity index (χ3v) is 3.42. The summed E-state index contributed by atoms with van der Waals surface area (Å²) in [4.78, 5) is 20.2. The van der Waals surface area contributed by atoms with Gasteiger partial charge in [0.2, 0.25) is 5.82 Å². The topological polar surface area (TPSA) is 101 Å². The molecule has 0 aliphatic carbocycles. The van der Waals surface area contributed by atoms with Crippen LogP contribution in [0.4, 0.5) is 0 Å². The second-order valence-electron chi connectivity index (χ2n) is 5.21. The highest BCUT2D eigenvalue weighted by Crippen LogP contribution is 2.13. The molecule has 1 amide bonds. The van der Waals surface area contributed by atoms with Crippen LogP contribution in [0, 0.1) is 0 Å². The van der Waals surface area contributed by atoms with E-state index in [0.717, 1.165) is 5.56 Å². The number of aliphatic hydroxyl groups excluding tert-OH is 1. The molecule has 0 aliphatic heterocycles. The SMILES string of the molecule is O=C(N[C@@H](CO)Cc1ccccc1)c1nc(-c2cccnc2)no1. The number of carbonyl (C=O) groups excluding carboxylic acids is 1. The second kappa shape index (κ2) is 7.47. The number of amides is 1. The van der Waals surface area contributed by atoms with Gasteiger partial charge < -0.3 is 14.9 Å². The Kier molecular flexibility index (Phi) is 4.93. The zero-order valence-electron chi connectivity index (χ0n) is 12.8. The highest BCUT2D eigenvalue weighted by molar-refractivity contribution is 5.90. The van der Waals surface area contributed by atoms with Gasteiger partial charge in [-0.1, -0.05) is 35.5 Å². The summed E-state index contributed by atoms with van der Waals surface area (Å²) in [6, 6.07) is 12.7. The van der Waals surface area contributed by atoms with Crippen LogP contribution in [0.25, 0.3) is 11.4 Å². The average Bonchev–Trinajstić information content (AvgIpc) is 3.13. The van der Waals surface area contributed by atoms with E-state index in [9.17, 15) is 9.90 Å². The Labute approximate surface area is 138 Å². The van der Waals surface area contributed by atoms with E-state index in [0.29, 0.717) is 12.0 Å². The number of benzene rings is 1. The van der Waals surface area contributed by atoms with Gasteiger partial charge in [-0.25, -0.2) is 0 Å². The minimum absolute atomic E-state index is 0.152. The van der Waals surface area contributed by atoms with E-state index in [1.54, 1.807) is 24.5 Å². The first-order chi connectivity index (χ1) is 11.8. The van der Waals surface area contributed by atoms with Crippen LogP contribution in [-0.2, 0) is 6.42 Å². The van der Waals surface area contributed by atoms with Crippen molar-refractivity contribution in [3.05, 3.63) is 66.3 Å². The molecule has 1 aromatic carbocycles. The van der Waals surface area contributed by atoms with Gasteiger partial charge in [-0.3, -0.25) is 9.78 Å². The fourth-order valence-corrected chi connectivity index (χ4v) is 2.23. The van der Waals surface area contributed by atoms with Gasteiger partial charge in [0.25, 0.3) is 0 Å². The molecule has 0 spiro atoms. The average molecular weight is 324 g/mol. The Balaban J connectivity index is 1.67. The lowest BCUT2D eigenvalue weighted by Crippen LogP contribution is -2.39. The molecule has 0 aliphatic rings. The minimum atomic E-state index is -0.521. The van der Waals surface area contributed by atoms with Gasteiger partial charge in [-0.2, -0.15) is 4.98 Å². The number of aromatic nitrogens is 3. The number of carbonyl (C=O) groups is 1. The molecule has 0 fully saturated rings. The maximum Gasteiger partial charge on any atom is 0.316 e. The lowest BCUT2D eigenvalue weighted by molar-refractivity contribution is 0.0872. The first-order valence-electron chi connectivity index (χ1n) is 7.46. The van der Waals surface area contributed by atoms with E-state index >= 15 is 0 Å². The molecule has 3 aromatic rings. The van der Waals surface area contributed by atoms with Crippen LogP contribution in [-0.4, -0.2) is 38.8 Å². The molecule has 0 unspecified atom stereocenters. The zero-order valence-corrected chi connectivity index (χ0v) is 12.8. The normalized spacial score (nSPS) is 11.9. The van der Waals surface area contributed by atoms with Crippen LogP contribution >= 0.6 is 0 Å². The number of hydrogen-bond acceptors (Lipinski definition) is 6. The number of pyridine rings is 1. The Bertz CT molecular complexity index is 790. The monoisotopic (exact) mass is 324 g/mol. The number of rotatable bonds is 6. The Morgan fingerprint density at radius 3 is 2.75 bits per heavy atom. The van der Waals surface area contributed by atoms with Crippen molar-refractivity contribution in [2.24, 2.45) is 0 Å². The quantitative estimate of drug-likeness (QED) is 0.712. The largest absolute Gasteiger partial charge is 0.394 e. The van der Waals surface area contributed by atoms with Crippen molar-refractivity contribution < 1.29 is 14.4 Å². The van der Waals surface area contributed by atoms with Crippen molar-refractivity contribution >= 4 is 5.91 Å². The molecule has 0 radical (unpaired) electrons. The highest BCUT2D eigenvalue weighted by atomic mass is 16.5. The van der Waals surface area contributed by atoms with Gasteiger partial charge in [-0.05, 0) is 24.1 Å². The van der Waals surface area contributed by atoms with E-state index < -0.39 is 11.9 Å². The van der Waals surface area contributed by atoms with Crippen molar-refractivity contribution in [1.82, 2.24) is 20.4 Å². The molecule has 0 bridgehead atoms. The molecule has 7 heteroatoms. The van der Waals surface area contributed by atoms with E-state index in [1.807, 2.05) is 30.3 Å². The molecule has 7 nitrogen and oxygen atoms in total. The number of nitrogens with one attached hydrogen (secondary N) is 1. The molecule has 0 saturated carbocycles. The smallest absolute Gasteiger partial charge is 0.316 e. The van der Waals surface area contributed by atoms with Gasteiger partial charge in [0, 0.05) is 18.0 Å². The lowest BCUT2D eigenvalue weighted by Gasteiger charge is -2.14. The highest BCUT2D eigenvalue weighted by Gasteiger charge is 2.19. The van der Waals surface area contributed by atoms with Crippen molar-refractivity contribution in [2.75, 3.05) is 6.61 Å². The first-order valence-corrected chi connectivity index (χ1v) is 7.46. The predicted molar refractivity (Wildman–Crippen MR) is 86.0 cm³/mol. The van der Waals surface area contributed by atoms with Gasteiger partial charge >= 0.3 is 11.8 Å². The molecule has 2 N–H and O–H groups in total. The Morgan fingerprint density at radius 1 is 1.21 bits per heavy atom. The number of nitrogens with zero attached hydrogens (tertiary/aromatic N) is 3. The summed E-state index contributed by atoms with van der Waals surface area (Å²) in [7, 11) is 0. The summed E-state index contributed by atoms with van der Waals surface area (Å²) in [5.74, 6) is -0.384. The van der Waals surface area contributed by atoms with E-state index in [1.165, 1.54) is 0 Å². The molecule has 2 heterocycles. The van der Waals surface area contributed by atoms with Crippen LogP contribution in [0.3, 0.4) is 0 Å². The van der Waals surface area contributed by atoms with Crippen molar-refractivity contribution in [2.45, 2.75) is 12.5 Å². The first kappa shape index (κ1) is 15.8. The van der Waals surface area contributed by atoms with E-state index in [2.05, 4.69) is 20.4 Å². The summed E-state index contributed by atoms with van der Waals surface area (Å²) in [5.41, 5.74) is 1.67. The molecule has 3 rings (SSSR count). The zero-order chi connectivity index (χ0) is 16.8. The van der Waals surface area contributed by atoms with Crippen LogP contribution in [0.2, 0.25) is 0 Å². The second-order valence-corrected chi connectivity index (χ2v) is 5.21. The number of aliphatic hydroxyl groups is 1. The lowest BCUT2D eigenvalue weighted by atomic mass is 10.1. The summed E-state index contributed by atoms with van der Waals surface area (Å²) < 4.78 is 4.99. The summed E-state index contributed by atoms with van der Waals surface area (Å²) in [6.07, 6.45) is 3.72. The minimum Gasteiger partial charge on any atom is -0.394 e. The van der Waals surface area contributed by atoms with Crippen LogP contribution in [0.15, 0.2) is 59.4 Å². The third-order valence-electron chi connectivity index (χ3n) is 3.42. The van der Waals surface area contributed by atoms with E-state index in [4.69, 9.17) is 4.52 Å². The standard InChI is InChI=1S/C17H16N4O3/c22-11-14(9-12-5-2-1-3-6-12)19-16(23)17-20-15(21-24-17)13-7-4-8-18-10-13/h1-8,10,14,22H,9,11H2,(H,19,23)/t14-/m1/s1. The van der Waals surface area contributed by atoms with Gasteiger partial charge in [0.1, 0.15) is 0 Å². The van der Waals surface area contributed by atoms with E-state index in [-0.39, 0.29) is 18.3 Å². The maximum absolute atomic E-state index is 12.2. The fourth-order valence-electron chi connectivity index (χ4n) is 2.23. The summed E-state index contributed by atoms with van der Waals surface area (Å²) in [5, 5.41) is 15.9.